The summed E-state index contributed by atoms with van der Waals surface area (Å²) in [6.45, 7) is 6.33. The predicted octanol–water partition coefficient (Wildman–Crippen LogP) is 4.54. The van der Waals surface area contributed by atoms with Crippen molar-refractivity contribution in [3.8, 4) is 5.75 Å². The van der Waals surface area contributed by atoms with Gasteiger partial charge in [-0.1, -0.05) is 6.08 Å². The zero-order chi connectivity index (χ0) is 16.3. The first-order valence-corrected chi connectivity index (χ1v) is 7.79. The van der Waals surface area contributed by atoms with E-state index in [0.717, 1.165) is 6.07 Å². The molecule has 0 unspecified atom stereocenters. The number of benzene rings is 1. The fraction of sp³-hybridized carbons (Fsp3) is 0.467. The average Bonchev–Trinajstić information content (AvgIpc) is 2.47. The molecule has 0 radical (unpaired) electrons. The van der Waals surface area contributed by atoms with E-state index in [1.807, 2.05) is 4.90 Å². The fourth-order valence-corrected chi connectivity index (χ4v) is 3.11. The third-order valence-corrected chi connectivity index (χ3v) is 4.43. The van der Waals surface area contributed by atoms with Crippen molar-refractivity contribution in [1.82, 2.24) is 10.2 Å². The summed E-state index contributed by atoms with van der Waals surface area (Å²) in [5.74, 6) is -0.347. The topological polar surface area (TPSA) is 35.5 Å². The Kier molecular flexibility index (Phi) is 9.68. The molecular formula is C15H20BrCl2F3N2O. The quantitative estimate of drug-likeness (QED) is 0.659. The SMILES string of the molecule is C=CC[C@@H](c1c(C(F)(F)F)ccc(Br)c1O)N1CCNCC1.Cl.Cl. The maximum absolute atomic E-state index is 13.3. The maximum Gasteiger partial charge on any atom is 0.416 e. The Bertz CT molecular complexity index is 552. The number of alkyl halides is 3. The lowest BCUT2D eigenvalue weighted by atomic mass is 9.94. The molecule has 0 spiro atoms. The van der Waals surface area contributed by atoms with E-state index in [9.17, 15) is 18.3 Å². The number of rotatable bonds is 4. The standard InChI is InChI=1S/C15H18BrF3N2O.2ClH/c1-2-3-12(21-8-6-20-7-9-21)13-10(15(17,18)19)4-5-11(16)14(13)22;;/h2,4-5,12,20,22H,1,3,6-9H2;2*1H/t12-;;/m0../s1. The van der Waals surface area contributed by atoms with Crippen LogP contribution in [0.15, 0.2) is 29.3 Å². The second-order valence-corrected chi connectivity index (χ2v) is 6.04. The summed E-state index contributed by atoms with van der Waals surface area (Å²) in [4.78, 5) is 1.95. The minimum absolute atomic E-state index is 0. The molecule has 1 heterocycles. The van der Waals surface area contributed by atoms with Gasteiger partial charge in [0.15, 0.2) is 0 Å². The van der Waals surface area contributed by atoms with Crippen molar-refractivity contribution in [3.05, 3.63) is 40.4 Å². The highest BCUT2D eigenvalue weighted by atomic mass is 79.9. The van der Waals surface area contributed by atoms with Gasteiger partial charge >= 0.3 is 6.18 Å². The molecule has 2 rings (SSSR count). The summed E-state index contributed by atoms with van der Waals surface area (Å²) in [5, 5.41) is 13.4. The average molecular weight is 452 g/mol. The Hall–Kier alpha value is -0.470. The number of hydrogen-bond donors (Lipinski definition) is 2. The van der Waals surface area contributed by atoms with Crippen molar-refractivity contribution in [2.24, 2.45) is 0 Å². The highest BCUT2D eigenvalue weighted by Gasteiger charge is 2.38. The molecule has 1 atom stereocenters. The molecule has 0 aromatic heterocycles. The van der Waals surface area contributed by atoms with E-state index in [0.29, 0.717) is 32.6 Å². The van der Waals surface area contributed by atoms with Gasteiger partial charge in [0.05, 0.1) is 10.0 Å². The molecule has 1 fully saturated rings. The molecule has 1 saturated heterocycles. The summed E-state index contributed by atoms with van der Waals surface area (Å²) in [6.07, 6.45) is -2.58. The second-order valence-electron chi connectivity index (χ2n) is 5.18. The van der Waals surface area contributed by atoms with Crippen LogP contribution in [0.3, 0.4) is 0 Å². The molecule has 138 valence electrons. The van der Waals surface area contributed by atoms with E-state index < -0.39 is 17.8 Å². The Morgan fingerprint density at radius 1 is 1.29 bits per heavy atom. The van der Waals surface area contributed by atoms with Gasteiger partial charge in [0.1, 0.15) is 5.75 Å². The van der Waals surface area contributed by atoms with Crippen LogP contribution < -0.4 is 5.32 Å². The maximum atomic E-state index is 13.3. The van der Waals surface area contributed by atoms with Gasteiger partial charge in [-0.2, -0.15) is 13.2 Å². The molecule has 1 aliphatic heterocycles. The minimum atomic E-state index is -4.51. The Morgan fingerprint density at radius 3 is 2.38 bits per heavy atom. The fourth-order valence-electron chi connectivity index (χ4n) is 2.77. The third kappa shape index (κ3) is 5.26. The van der Waals surface area contributed by atoms with Gasteiger partial charge in [-0.3, -0.25) is 4.90 Å². The van der Waals surface area contributed by atoms with Crippen LogP contribution in [0.2, 0.25) is 0 Å². The second kappa shape index (κ2) is 9.87. The molecule has 0 amide bonds. The zero-order valence-electron chi connectivity index (χ0n) is 12.8. The van der Waals surface area contributed by atoms with Gasteiger partial charge in [0.25, 0.3) is 0 Å². The van der Waals surface area contributed by atoms with Gasteiger partial charge in [0.2, 0.25) is 0 Å². The molecule has 24 heavy (non-hydrogen) atoms. The van der Waals surface area contributed by atoms with Crippen LogP contribution >= 0.6 is 40.7 Å². The highest BCUT2D eigenvalue weighted by Crippen LogP contribution is 2.44. The first kappa shape index (κ1) is 23.5. The van der Waals surface area contributed by atoms with Gasteiger partial charge < -0.3 is 10.4 Å². The molecule has 3 nitrogen and oxygen atoms in total. The summed E-state index contributed by atoms with van der Waals surface area (Å²) in [7, 11) is 0. The normalized spacial score (nSPS) is 16.7. The molecule has 0 bridgehead atoms. The molecule has 1 aromatic rings. The van der Waals surface area contributed by atoms with E-state index >= 15 is 0 Å². The molecule has 9 heteroatoms. The lowest BCUT2D eigenvalue weighted by Crippen LogP contribution is -2.45. The summed E-state index contributed by atoms with van der Waals surface area (Å²) in [6, 6.07) is 1.69. The van der Waals surface area contributed by atoms with Crippen LogP contribution in [0.4, 0.5) is 13.2 Å². The van der Waals surface area contributed by atoms with Gasteiger partial charge in [-0.15, -0.1) is 31.4 Å². The van der Waals surface area contributed by atoms with Crippen molar-refractivity contribution in [2.45, 2.75) is 18.6 Å². The van der Waals surface area contributed by atoms with Crippen molar-refractivity contribution in [3.63, 3.8) is 0 Å². The van der Waals surface area contributed by atoms with Crippen molar-refractivity contribution < 1.29 is 18.3 Å². The molecule has 0 saturated carbocycles. The molecule has 2 N–H and O–H groups in total. The molecular weight excluding hydrogens is 432 g/mol. The van der Waals surface area contributed by atoms with E-state index in [4.69, 9.17) is 0 Å². The Labute approximate surface area is 160 Å². The summed E-state index contributed by atoms with van der Waals surface area (Å²) >= 11 is 3.12. The van der Waals surface area contributed by atoms with Gasteiger partial charge in [-0.05, 0) is 34.5 Å². The predicted molar refractivity (Wildman–Crippen MR) is 97.3 cm³/mol. The molecule has 1 aromatic carbocycles. The van der Waals surface area contributed by atoms with Crippen LogP contribution in [0.5, 0.6) is 5.75 Å². The third-order valence-electron chi connectivity index (χ3n) is 3.79. The van der Waals surface area contributed by atoms with E-state index in [1.165, 1.54) is 6.07 Å². The number of phenolic OH excluding ortho intramolecular Hbond substituents is 1. The van der Waals surface area contributed by atoms with Crippen LogP contribution in [-0.4, -0.2) is 36.2 Å². The number of halogens is 6. The highest BCUT2D eigenvalue weighted by molar-refractivity contribution is 9.10. The lowest BCUT2D eigenvalue weighted by molar-refractivity contribution is -0.139. The van der Waals surface area contributed by atoms with Crippen LogP contribution in [0.1, 0.15) is 23.6 Å². The monoisotopic (exact) mass is 450 g/mol. The van der Waals surface area contributed by atoms with E-state index in [2.05, 4.69) is 27.8 Å². The lowest BCUT2D eigenvalue weighted by Gasteiger charge is -2.36. The number of hydrogen-bond acceptors (Lipinski definition) is 3. The number of nitrogens with one attached hydrogen (secondary N) is 1. The van der Waals surface area contributed by atoms with Crippen molar-refractivity contribution >= 4 is 40.7 Å². The smallest absolute Gasteiger partial charge is 0.416 e. The zero-order valence-corrected chi connectivity index (χ0v) is 16.0. The van der Waals surface area contributed by atoms with E-state index in [1.54, 1.807) is 6.08 Å². The molecule has 0 aliphatic carbocycles. The van der Waals surface area contributed by atoms with Crippen LogP contribution in [0, 0.1) is 0 Å². The van der Waals surface area contributed by atoms with Crippen molar-refractivity contribution in [2.75, 3.05) is 26.2 Å². The summed E-state index contributed by atoms with van der Waals surface area (Å²) in [5.41, 5.74) is -0.873. The van der Waals surface area contributed by atoms with Gasteiger partial charge in [0, 0.05) is 37.8 Å². The van der Waals surface area contributed by atoms with E-state index in [-0.39, 0.29) is 40.6 Å². The molecule has 1 aliphatic rings. The summed E-state index contributed by atoms with van der Waals surface area (Å²) < 4.78 is 40.3. The number of phenols is 1. The van der Waals surface area contributed by atoms with Crippen LogP contribution in [0.25, 0.3) is 0 Å². The first-order valence-electron chi connectivity index (χ1n) is 7.00. The first-order chi connectivity index (χ1) is 10.4. The van der Waals surface area contributed by atoms with Gasteiger partial charge in [-0.25, -0.2) is 0 Å². The number of aromatic hydroxyl groups is 1. The minimum Gasteiger partial charge on any atom is -0.506 e. The number of nitrogens with zero attached hydrogens (tertiary/aromatic N) is 1. The van der Waals surface area contributed by atoms with Crippen molar-refractivity contribution in [1.29, 1.82) is 0 Å². The largest absolute Gasteiger partial charge is 0.506 e. The van der Waals surface area contributed by atoms with Crippen LogP contribution in [-0.2, 0) is 6.18 Å². The number of piperazine rings is 1. The Morgan fingerprint density at radius 2 is 1.88 bits per heavy atom. The Balaban J connectivity index is 0.00000264.